The Morgan fingerprint density at radius 2 is 2.04 bits per heavy atom. The number of aromatic nitrogens is 3. The lowest BCUT2D eigenvalue weighted by atomic mass is 9.77. The summed E-state index contributed by atoms with van der Waals surface area (Å²) in [5, 5.41) is 0. The van der Waals surface area contributed by atoms with Gasteiger partial charge in [0.25, 0.3) is 5.91 Å². The number of benzene rings is 1. The van der Waals surface area contributed by atoms with E-state index in [0.717, 1.165) is 61.4 Å². The molecule has 1 aliphatic carbocycles. The molecule has 3 aromatic rings. The van der Waals surface area contributed by atoms with Gasteiger partial charge in [-0.15, -0.1) is 0 Å². The van der Waals surface area contributed by atoms with Crippen LogP contribution in [-0.2, 0) is 11.8 Å². The summed E-state index contributed by atoms with van der Waals surface area (Å²) in [5.41, 5.74) is 4.14. The van der Waals surface area contributed by atoms with Crippen LogP contribution in [0.4, 0.5) is 0 Å². The third-order valence-electron chi connectivity index (χ3n) is 5.98. The number of carbonyl (C=O) groups is 1. The SMILES string of the molecule is O=C(c1cc[nH]c1)N1CCCC2(CCc3cnc(-c4ccccc4)nc32)C1. The highest BCUT2D eigenvalue weighted by Crippen LogP contribution is 2.44. The molecule has 0 bridgehead atoms. The molecule has 5 nitrogen and oxygen atoms in total. The average Bonchev–Trinajstić information content (AvgIpc) is 3.37. The average molecular weight is 358 g/mol. The minimum atomic E-state index is -0.0357. The van der Waals surface area contributed by atoms with E-state index in [1.807, 2.05) is 47.5 Å². The van der Waals surface area contributed by atoms with Crippen molar-refractivity contribution in [2.24, 2.45) is 0 Å². The summed E-state index contributed by atoms with van der Waals surface area (Å²) in [6.45, 7) is 1.56. The zero-order valence-corrected chi connectivity index (χ0v) is 15.2. The fourth-order valence-corrected chi connectivity index (χ4v) is 4.61. The molecule has 1 spiro atoms. The standard InChI is InChI=1S/C22H22N4O/c27-21(18-8-11-23-13-18)26-12-4-9-22(15-26)10-7-17-14-24-20(25-19(17)22)16-5-2-1-3-6-16/h1-3,5-6,8,11,13-14,23H,4,7,9-10,12,15H2. The van der Waals surface area contributed by atoms with Crippen LogP contribution in [0, 0.1) is 0 Å². The van der Waals surface area contributed by atoms with Crippen LogP contribution in [0.1, 0.15) is 40.9 Å². The maximum absolute atomic E-state index is 12.9. The number of hydrogen-bond acceptors (Lipinski definition) is 3. The number of hydrogen-bond donors (Lipinski definition) is 1. The predicted molar refractivity (Wildman–Crippen MR) is 103 cm³/mol. The van der Waals surface area contributed by atoms with Crippen molar-refractivity contribution in [3.63, 3.8) is 0 Å². The third kappa shape index (κ3) is 2.74. The first-order valence-corrected chi connectivity index (χ1v) is 9.59. The summed E-state index contributed by atoms with van der Waals surface area (Å²) >= 11 is 0. The second-order valence-corrected chi connectivity index (χ2v) is 7.64. The Morgan fingerprint density at radius 3 is 2.85 bits per heavy atom. The molecule has 3 heterocycles. The van der Waals surface area contributed by atoms with E-state index < -0.39 is 0 Å². The van der Waals surface area contributed by atoms with Gasteiger partial charge >= 0.3 is 0 Å². The first kappa shape index (κ1) is 16.2. The molecule has 1 aliphatic heterocycles. The van der Waals surface area contributed by atoms with Crippen LogP contribution in [0.2, 0.25) is 0 Å². The lowest BCUT2D eigenvalue weighted by molar-refractivity contribution is 0.0633. The van der Waals surface area contributed by atoms with Crippen LogP contribution in [0.3, 0.4) is 0 Å². The number of piperidine rings is 1. The van der Waals surface area contributed by atoms with Crippen molar-refractivity contribution >= 4 is 5.91 Å². The fraction of sp³-hybridized carbons (Fsp3) is 0.318. The quantitative estimate of drug-likeness (QED) is 0.761. The monoisotopic (exact) mass is 358 g/mol. The van der Waals surface area contributed by atoms with E-state index in [2.05, 4.69) is 9.97 Å². The number of aryl methyl sites for hydroxylation is 1. The minimum absolute atomic E-state index is 0.0357. The van der Waals surface area contributed by atoms with Crippen LogP contribution in [-0.4, -0.2) is 38.8 Å². The van der Waals surface area contributed by atoms with E-state index in [1.165, 1.54) is 5.56 Å². The zero-order chi connectivity index (χ0) is 18.3. The van der Waals surface area contributed by atoms with Crippen LogP contribution in [0.15, 0.2) is 55.0 Å². The molecule has 0 radical (unpaired) electrons. The summed E-state index contributed by atoms with van der Waals surface area (Å²) < 4.78 is 0. The highest BCUT2D eigenvalue weighted by molar-refractivity contribution is 5.94. The van der Waals surface area contributed by atoms with Gasteiger partial charge < -0.3 is 9.88 Å². The number of amides is 1. The molecule has 27 heavy (non-hydrogen) atoms. The molecule has 1 fully saturated rings. The molecule has 2 aliphatic rings. The molecule has 1 saturated heterocycles. The van der Waals surface area contributed by atoms with Crippen molar-refractivity contribution in [2.45, 2.75) is 31.1 Å². The van der Waals surface area contributed by atoms with Gasteiger partial charge in [-0.25, -0.2) is 9.97 Å². The first-order valence-electron chi connectivity index (χ1n) is 9.59. The number of nitrogens with zero attached hydrogens (tertiary/aromatic N) is 3. The van der Waals surface area contributed by atoms with E-state index in [4.69, 9.17) is 4.98 Å². The number of H-pyrrole nitrogens is 1. The summed E-state index contributed by atoms with van der Waals surface area (Å²) in [6.07, 6.45) is 9.72. The highest BCUT2D eigenvalue weighted by Gasteiger charge is 2.44. The highest BCUT2D eigenvalue weighted by atomic mass is 16.2. The Balaban J connectivity index is 1.49. The number of fused-ring (bicyclic) bond motifs is 2. The maximum atomic E-state index is 12.9. The number of nitrogens with one attached hydrogen (secondary N) is 1. The van der Waals surface area contributed by atoms with Crippen LogP contribution in [0.25, 0.3) is 11.4 Å². The summed E-state index contributed by atoms with van der Waals surface area (Å²) in [4.78, 5) is 27.5. The molecule has 1 amide bonds. The van der Waals surface area contributed by atoms with E-state index in [0.29, 0.717) is 0 Å². The minimum Gasteiger partial charge on any atom is -0.367 e. The van der Waals surface area contributed by atoms with Crippen molar-refractivity contribution in [2.75, 3.05) is 13.1 Å². The first-order chi connectivity index (χ1) is 13.3. The molecule has 2 aromatic heterocycles. The van der Waals surface area contributed by atoms with Crippen molar-refractivity contribution in [1.29, 1.82) is 0 Å². The lowest BCUT2D eigenvalue weighted by Crippen LogP contribution is -2.47. The van der Waals surface area contributed by atoms with Gasteiger partial charge in [0.05, 0.1) is 11.3 Å². The molecular weight excluding hydrogens is 336 g/mol. The number of rotatable bonds is 2. The molecule has 5 rings (SSSR count). The Hall–Kier alpha value is -2.95. The topological polar surface area (TPSA) is 61.9 Å². The summed E-state index contributed by atoms with van der Waals surface area (Å²) in [7, 11) is 0. The molecule has 1 aromatic carbocycles. The Kier molecular flexibility index (Phi) is 3.81. The van der Waals surface area contributed by atoms with E-state index in [-0.39, 0.29) is 11.3 Å². The van der Waals surface area contributed by atoms with Crippen molar-refractivity contribution in [3.05, 3.63) is 71.8 Å². The van der Waals surface area contributed by atoms with Gasteiger partial charge in [-0.3, -0.25) is 4.79 Å². The number of carbonyl (C=O) groups excluding carboxylic acids is 1. The zero-order valence-electron chi connectivity index (χ0n) is 15.2. The fourth-order valence-electron chi connectivity index (χ4n) is 4.61. The second-order valence-electron chi connectivity index (χ2n) is 7.64. The van der Waals surface area contributed by atoms with Crippen LogP contribution < -0.4 is 0 Å². The smallest absolute Gasteiger partial charge is 0.255 e. The molecule has 1 atom stereocenters. The molecule has 1 N–H and O–H groups in total. The molecule has 1 unspecified atom stereocenters. The van der Waals surface area contributed by atoms with Crippen LogP contribution in [0.5, 0.6) is 0 Å². The van der Waals surface area contributed by atoms with Crippen molar-refractivity contribution < 1.29 is 4.79 Å². The molecule has 0 saturated carbocycles. The summed E-state index contributed by atoms with van der Waals surface area (Å²) in [6, 6.07) is 12.0. The number of aromatic amines is 1. The Morgan fingerprint density at radius 1 is 1.15 bits per heavy atom. The summed E-state index contributed by atoms with van der Waals surface area (Å²) in [5.74, 6) is 0.894. The van der Waals surface area contributed by atoms with Gasteiger partial charge in [0, 0.05) is 42.7 Å². The van der Waals surface area contributed by atoms with E-state index in [1.54, 1.807) is 12.4 Å². The van der Waals surface area contributed by atoms with Gasteiger partial charge in [0.15, 0.2) is 5.82 Å². The van der Waals surface area contributed by atoms with Crippen molar-refractivity contribution in [3.8, 4) is 11.4 Å². The van der Waals surface area contributed by atoms with Crippen molar-refractivity contribution in [1.82, 2.24) is 19.9 Å². The van der Waals surface area contributed by atoms with Crippen LogP contribution >= 0.6 is 0 Å². The van der Waals surface area contributed by atoms with E-state index >= 15 is 0 Å². The molecule has 136 valence electrons. The molecular formula is C22H22N4O. The largest absolute Gasteiger partial charge is 0.367 e. The third-order valence-corrected chi connectivity index (χ3v) is 5.98. The Labute approximate surface area is 158 Å². The van der Waals surface area contributed by atoms with Gasteiger partial charge in [-0.1, -0.05) is 30.3 Å². The van der Waals surface area contributed by atoms with E-state index in [9.17, 15) is 4.79 Å². The second kappa shape index (κ2) is 6.34. The van der Waals surface area contributed by atoms with Gasteiger partial charge in [0.2, 0.25) is 0 Å². The lowest BCUT2D eigenvalue weighted by Gasteiger charge is -2.40. The molecule has 5 heteroatoms. The van der Waals surface area contributed by atoms with Gasteiger partial charge in [-0.2, -0.15) is 0 Å². The van der Waals surface area contributed by atoms with Gasteiger partial charge in [0.1, 0.15) is 0 Å². The number of likely N-dealkylation sites (tertiary alicyclic amines) is 1. The predicted octanol–water partition coefficient (Wildman–Crippen LogP) is 3.59. The van der Waals surface area contributed by atoms with Gasteiger partial charge in [-0.05, 0) is 37.3 Å². The Bertz CT molecular complexity index is 963. The normalized spacial score (nSPS) is 21.4. The maximum Gasteiger partial charge on any atom is 0.255 e.